The van der Waals surface area contributed by atoms with Gasteiger partial charge in [0.1, 0.15) is 5.75 Å². The Bertz CT molecular complexity index is 1180. The van der Waals surface area contributed by atoms with Crippen molar-refractivity contribution in [2.24, 2.45) is 0 Å². The third-order valence-electron chi connectivity index (χ3n) is 5.74. The van der Waals surface area contributed by atoms with Gasteiger partial charge in [-0.3, -0.25) is 10.1 Å². The third kappa shape index (κ3) is 4.85. The van der Waals surface area contributed by atoms with Gasteiger partial charge in [-0.1, -0.05) is 48.8 Å². The zero-order chi connectivity index (χ0) is 24.3. The first kappa shape index (κ1) is 23.6. The minimum Gasteiger partial charge on any atom is -0.493 e. The molecule has 10 heteroatoms. The highest BCUT2D eigenvalue weighted by atomic mass is 19.4. The van der Waals surface area contributed by atoms with E-state index in [2.05, 4.69) is 10.5 Å². The lowest BCUT2D eigenvalue weighted by Gasteiger charge is -2.32. The van der Waals surface area contributed by atoms with Gasteiger partial charge in [-0.25, -0.2) is 4.79 Å². The Balaban J connectivity index is 1.41. The monoisotopic (exact) mass is 475 g/mol. The minimum absolute atomic E-state index is 0.0753. The van der Waals surface area contributed by atoms with Crippen molar-refractivity contribution in [3.05, 3.63) is 59.3 Å². The molecule has 4 rings (SSSR count). The Morgan fingerprint density at radius 2 is 1.94 bits per heavy atom. The number of hydrogen-bond donors (Lipinski definition) is 1. The summed E-state index contributed by atoms with van der Waals surface area (Å²) >= 11 is 0. The second kappa shape index (κ2) is 9.74. The molecular formula is C24H24F3N3O4. The van der Waals surface area contributed by atoms with Gasteiger partial charge in [0.2, 0.25) is 5.91 Å². The lowest BCUT2D eigenvalue weighted by Crippen LogP contribution is -2.53. The van der Waals surface area contributed by atoms with Crippen LogP contribution < -0.4 is 10.1 Å². The van der Waals surface area contributed by atoms with Gasteiger partial charge < -0.3 is 14.2 Å². The van der Waals surface area contributed by atoms with Gasteiger partial charge in [-0.15, -0.1) is 0 Å². The first-order valence-corrected chi connectivity index (χ1v) is 11.1. The van der Waals surface area contributed by atoms with E-state index in [0.29, 0.717) is 37.1 Å². The molecule has 1 fully saturated rings. The van der Waals surface area contributed by atoms with Crippen LogP contribution in [0.15, 0.2) is 47.0 Å². The summed E-state index contributed by atoms with van der Waals surface area (Å²) in [5, 5.41) is 5.52. The third-order valence-corrected chi connectivity index (χ3v) is 5.74. The van der Waals surface area contributed by atoms with Crippen LogP contribution >= 0.6 is 0 Å². The molecule has 0 spiro atoms. The fourth-order valence-corrected chi connectivity index (χ4v) is 4.10. The molecule has 1 aliphatic heterocycles. The van der Waals surface area contributed by atoms with Crippen LogP contribution in [0, 0.1) is 0 Å². The van der Waals surface area contributed by atoms with Crippen LogP contribution in [0.5, 0.6) is 5.75 Å². The van der Waals surface area contributed by atoms with Crippen LogP contribution in [0.1, 0.15) is 42.5 Å². The summed E-state index contributed by atoms with van der Waals surface area (Å²) < 4.78 is 50.4. The molecule has 1 saturated heterocycles. The Kier molecular flexibility index (Phi) is 6.76. The number of benzene rings is 2. The molecule has 3 amide bonds. The lowest BCUT2D eigenvalue weighted by molar-refractivity contribution is -0.141. The number of nitrogens with one attached hydrogen (secondary N) is 1. The normalized spacial score (nSPS) is 16.7. The molecule has 1 unspecified atom stereocenters. The number of carbonyl (C=O) groups excluding carboxylic acids is 2. The molecule has 2 aromatic carbocycles. The Morgan fingerprint density at radius 1 is 1.18 bits per heavy atom. The van der Waals surface area contributed by atoms with Gasteiger partial charge in [0.25, 0.3) is 0 Å². The number of imide groups is 1. The number of urea groups is 1. The molecule has 0 aliphatic carbocycles. The average molecular weight is 475 g/mol. The number of carbonyl (C=O) groups is 2. The summed E-state index contributed by atoms with van der Waals surface area (Å²) in [7, 11) is 0. The maximum absolute atomic E-state index is 13.2. The number of aromatic nitrogens is 1. The molecule has 34 heavy (non-hydrogen) atoms. The summed E-state index contributed by atoms with van der Waals surface area (Å²) in [6.07, 6.45) is -2.99. The van der Waals surface area contributed by atoms with Crippen molar-refractivity contribution in [3.63, 3.8) is 0 Å². The van der Waals surface area contributed by atoms with Crippen LogP contribution in [0.4, 0.5) is 18.0 Å². The maximum atomic E-state index is 13.2. The van der Waals surface area contributed by atoms with E-state index in [1.807, 2.05) is 37.3 Å². The number of rotatable bonds is 8. The molecule has 1 atom stereocenters. The van der Waals surface area contributed by atoms with E-state index < -0.39 is 23.8 Å². The van der Waals surface area contributed by atoms with Crippen molar-refractivity contribution >= 4 is 22.9 Å². The van der Waals surface area contributed by atoms with E-state index in [1.54, 1.807) is 4.90 Å². The number of nitrogens with zero attached hydrogens (tertiary/aromatic N) is 2. The standard InChI is InChI=1S/C24H24F3N3O4/c1-2-7-16-19(11-10-17-20(16)34-29-21(17)24(25,26)27)33-13-6-12-30-14-18(22(31)28-23(30)32)15-8-4-3-5-9-15/h3-5,8-11,18H,2,6-7,12-14H2,1H3,(H,28,31,32). The van der Waals surface area contributed by atoms with Crippen LogP contribution in [-0.2, 0) is 17.4 Å². The zero-order valence-corrected chi connectivity index (χ0v) is 18.5. The van der Waals surface area contributed by atoms with Gasteiger partial charge >= 0.3 is 12.2 Å². The zero-order valence-electron chi connectivity index (χ0n) is 18.5. The molecule has 0 radical (unpaired) electrons. The van der Waals surface area contributed by atoms with Crippen molar-refractivity contribution in [2.45, 2.75) is 38.3 Å². The molecule has 1 aliphatic rings. The first-order valence-electron chi connectivity index (χ1n) is 11.1. The van der Waals surface area contributed by atoms with E-state index in [-0.39, 0.29) is 30.0 Å². The molecule has 0 bridgehead atoms. The topological polar surface area (TPSA) is 84.7 Å². The number of halogens is 3. The Morgan fingerprint density at radius 3 is 2.65 bits per heavy atom. The number of ether oxygens (including phenoxy) is 1. The largest absolute Gasteiger partial charge is 0.493 e. The van der Waals surface area contributed by atoms with Gasteiger partial charge in [0, 0.05) is 18.7 Å². The number of alkyl halides is 3. The number of aryl methyl sites for hydroxylation is 1. The van der Waals surface area contributed by atoms with Gasteiger partial charge in [0.05, 0.1) is 17.9 Å². The Labute approximate surface area is 193 Å². The van der Waals surface area contributed by atoms with Crippen LogP contribution in [-0.4, -0.2) is 41.7 Å². The average Bonchev–Trinajstić information content (AvgIpc) is 3.25. The fraction of sp³-hybridized carbons (Fsp3) is 0.375. The molecule has 0 saturated carbocycles. The van der Waals surface area contributed by atoms with Gasteiger partial charge in [-0.2, -0.15) is 13.2 Å². The van der Waals surface area contributed by atoms with E-state index in [4.69, 9.17) is 9.26 Å². The van der Waals surface area contributed by atoms with Crippen LogP contribution in [0.25, 0.3) is 11.0 Å². The van der Waals surface area contributed by atoms with Gasteiger partial charge in [-0.05, 0) is 30.5 Å². The fourth-order valence-electron chi connectivity index (χ4n) is 4.10. The summed E-state index contributed by atoms with van der Waals surface area (Å²) in [5.74, 6) is -0.348. The molecule has 2 heterocycles. The Hall–Kier alpha value is -3.56. The number of amides is 3. The maximum Gasteiger partial charge on any atom is 0.437 e. The predicted octanol–water partition coefficient (Wildman–Crippen LogP) is 4.90. The highest BCUT2D eigenvalue weighted by molar-refractivity contribution is 6.00. The minimum atomic E-state index is -4.61. The van der Waals surface area contributed by atoms with Crippen LogP contribution in [0.3, 0.4) is 0 Å². The highest BCUT2D eigenvalue weighted by Gasteiger charge is 2.38. The molecule has 3 aromatic rings. The van der Waals surface area contributed by atoms with Crippen LogP contribution in [0.2, 0.25) is 0 Å². The molecular weight excluding hydrogens is 451 g/mol. The van der Waals surface area contributed by atoms with Crippen molar-refractivity contribution in [1.29, 1.82) is 0 Å². The summed E-state index contributed by atoms with van der Waals surface area (Å²) in [5.41, 5.74) is 0.390. The first-order chi connectivity index (χ1) is 16.3. The number of fused-ring (bicyclic) bond motifs is 1. The molecule has 180 valence electrons. The quantitative estimate of drug-likeness (QED) is 0.469. The summed E-state index contributed by atoms with van der Waals surface area (Å²) in [6.45, 7) is 2.76. The molecule has 7 nitrogen and oxygen atoms in total. The van der Waals surface area contributed by atoms with Crippen molar-refractivity contribution in [3.8, 4) is 5.75 Å². The second-order valence-electron chi connectivity index (χ2n) is 8.10. The van der Waals surface area contributed by atoms with E-state index >= 15 is 0 Å². The van der Waals surface area contributed by atoms with Crippen molar-refractivity contribution in [2.75, 3.05) is 19.7 Å². The second-order valence-corrected chi connectivity index (χ2v) is 8.10. The predicted molar refractivity (Wildman–Crippen MR) is 117 cm³/mol. The summed E-state index contributed by atoms with van der Waals surface area (Å²) in [6, 6.07) is 11.6. The number of hydrogen-bond acceptors (Lipinski definition) is 5. The van der Waals surface area contributed by atoms with E-state index in [9.17, 15) is 22.8 Å². The van der Waals surface area contributed by atoms with Gasteiger partial charge in [0.15, 0.2) is 11.3 Å². The smallest absolute Gasteiger partial charge is 0.437 e. The molecule has 1 aromatic heterocycles. The molecule has 1 N–H and O–H groups in total. The highest BCUT2D eigenvalue weighted by Crippen LogP contribution is 2.38. The van der Waals surface area contributed by atoms with E-state index in [0.717, 1.165) is 5.56 Å². The lowest BCUT2D eigenvalue weighted by atomic mass is 9.96. The van der Waals surface area contributed by atoms with Crippen molar-refractivity contribution in [1.82, 2.24) is 15.4 Å². The van der Waals surface area contributed by atoms with Crippen molar-refractivity contribution < 1.29 is 32.0 Å². The summed E-state index contributed by atoms with van der Waals surface area (Å²) in [4.78, 5) is 26.1. The van der Waals surface area contributed by atoms with E-state index in [1.165, 1.54) is 12.1 Å². The SMILES string of the molecule is CCCc1c(OCCCN2CC(c3ccccc3)C(=O)NC2=O)ccc2c(C(F)(F)F)noc12.